The maximum atomic E-state index is 11.3. The van der Waals surface area contributed by atoms with Gasteiger partial charge in [0, 0.05) is 19.2 Å². The van der Waals surface area contributed by atoms with Gasteiger partial charge in [0.25, 0.3) is 0 Å². The molecule has 0 aliphatic heterocycles. The van der Waals surface area contributed by atoms with E-state index in [1.54, 1.807) is 19.9 Å². The Bertz CT molecular complexity index is 252. The summed E-state index contributed by atoms with van der Waals surface area (Å²) < 4.78 is 4.70. The summed E-state index contributed by atoms with van der Waals surface area (Å²) in [5, 5.41) is 5.66. The molecule has 5 nitrogen and oxygen atoms in total. The van der Waals surface area contributed by atoms with Crippen LogP contribution in [0.4, 0.5) is 0 Å². The molecule has 16 heavy (non-hydrogen) atoms. The smallest absolute Gasteiger partial charge is 0.330 e. The van der Waals surface area contributed by atoms with E-state index >= 15 is 0 Å². The molecule has 0 aromatic rings. The number of hydrogen-bond acceptors (Lipinski definition) is 4. The highest BCUT2D eigenvalue weighted by Gasteiger charge is 2.08. The second-order valence-electron chi connectivity index (χ2n) is 3.18. The van der Waals surface area contributed by atoms with Crippen LogP contribution in [0.3, 0.4) is 0 Å². The van der Waals surface area contributed by atoms with Crippen LogP contribution in [-0.2, 0) is 14.3 Å². The zero-order valence-corrected chi connectivity index (χ0v) is 10.1. The van der Waals surface area contributed by atoms with Gasteiger partial charge in [-0.15, -0.1) is 0 Å². The molecule has 0 bridgehead atoms. The van der Waals surface area contributed by atoms with Gasteiger partial charge in [-0.05, 0) is 20.8 Å². The molecule has 0 rings (SSSR count). The highest BCUT2D eigenvalue weighted by atomic mass is 16.5. The van der Waals surface area contributed by atoms with Crippen molar-refractivity contribution < 1.29 is 14.3 Å². The number of carbonyl (C=O) groups excluding carboxylic acids is 2. The Kier molecular flexibility index (Phi) is 8.15. The van der Waals surface area contributed by atoms with Crippen molar-refractivity contribution in [2.45, 2.75) is 26.8 Å². The number of amides is 1. The van der Waals surface area contributed by atoms with Crippen molar-refractivity contribution in [3.63, 3.8) is 0 Å². The van der Waals surface area contributed by atoms with E-state index in [-0.39, 0.29) is 17.9 Å². The summed E-state index contributed by atoms with van der Waals surface area (Å²) in [5.74, 6) is -0.415. The molecular formula is C11H20N2O3. The van der Waals surface area contributed by atoms with Gasteiger partial charge in [-0.3, -0.25) is 4.79 Å². The largest absolute Gasteiger partial charge is 0.463 e. The summed E-state index contributed by atoms with van der Waals surface area (Å²) in [6.07, 6.45) is 2.98. The molecule has 1 atom stereocenters. The first kappa shape index (κ1) is 14.6. The molecule has 1 unspecified atom stereocenters. The molecule has 0 aromatic carbocycles. The molecule has 0 aromatic heterocycles. The molecule has 92 valence electrons. The van der Waals surface area contributed by atoms with Crippen LogP contribution in [0.5, 0.6) is 0 Å². The lowest BCUT2D eigenvalue weighted by Crippen LogP contribution is -2.42. The number of carbonyl (C=O) groups is 2. The first-order valence-electron chi connectivity index (χ1n) is 5.46. The molecule has 0 aliphatic carbocycles. The minimum Gasteiger partial charge on any atom is -0.463 e. The van der Waals surface area contributed by atoms with Crippen LogP contribution in [0.2, 0.25) is 0 Å². The average Bonchev–Trinajstić information content (AvgIpc) is 2.24. The summed E-state index contributed by atoms with van der Waals surface area (Å²) in [6.45, 7) is 6.82. The summed E-state index contributed by atoms with van der Waals surface area (Å²) >= 11 is 0. The topological polar surface area (TPSA) is 67.4 Å². The quantitative estimate of drug-likeness (QED) is 0.483. The lowest BCUT2D eigenvalue weighted by molar-refractivity contribution is -0.137. The molecule has 0 spiro atoms. The van der Waals surface area contributed by atoms with Gasteiger partial charge in [0.05, 0.1) is 12.6 Å². The normalized spacial score (nSPS) is 12.4. The summed E-state index contributed by atoms with van der Waals surface area (Å²) in [6, 6.07) is -0.271. The van der Waals surface area contributed by atoms with Gasteiger partial charge in [0.1, 0.15) is 0 Å². The number of nitrogens with one attached hydrogen (secondary N) is 2. The van der Waals surface area contributed by atoms with Gasteiger partial charge >= 0.3 is 5.97 Å². The molecule has 0 saturated carbocycles. The fourth-order valence-electron chi connectivity index (χ4n) is 1.01. The molecule has 0 radical (unpaired) electrons. The summed E-state index contributed by atoms with van der Waals surface area (Å²) in [7, 11) is 0. The predicted molar refractivity (Wildman–Crippen MR) is 61.9 cm³/mol. The van der Waals surface area contributed by atoms with E-state index in [9.17, 15) is 9.59 Å². The van der Waals surface area contributed by atoms with Crippen molar-refractivity contribution in [3.8, 4) is 0 Å². The summed E-state index contributed by atoms with van der Waals surface area (Å²) in [5.41, 5.74) is 0. The Balaban J connectivity index is 3.72. The maximum absolute atomic E-state index is 11.3. The molecule has 0 aliphatic rings. The van der Waals surface area contributed by atoms with Crippen LogP contribution >= 0.6 is 0 Å². The number of esters is 1. The second-order valence-corrected chi connectivity index (χ2v) is 3.18. The van der Waals surface area contributed by atoms with E-state index in [2.05, 4.69) is 10.6 Å². The standard InChI is InChI=1S/C11H20N2O3/c1-4-12-11(15)9(3)13-8-6-7-10(14)16-5-2/h6-7,9,13H,4-5,8H2,1-3H3,(H,12,15)/b7-6+. The van der Waals surface area contributed by atoms with E-state index in [0.717, 1.165) is 0 Å². The Morgan fingerprint density at radius 3 is 2.62 bits per heavy atom. The SMILES string of the molecule is CCNC(=O)C(C)NC/C=C/C(=O)OCC. The Morgan fingerprint density at radius 2 is 2.06 bits per heavy atom. The molecule has 0 heterocycles. The summed E-state index contributed by atoms with van der Waals surface area (Å²) in [4.78, 5) is 22.2. The van der Waals surface area contributed by atoms with E-state index in [4.69, 9.17) is 4.74 Å². The van der Waals surface area contributed by atoms with Crippen molar-refractivity contribution in [2.75, 3.05) is 19.7 Å². The second kappa shape index (κ2) is 8.91. The zero-order chi connectivity index (χ0) is 12.4. The highest BCUT2D eigenvalue weighted by Crippen LogP contribution is 1.84. The Labute approximate surface area is 96.2 Å². The van der Waals surface area contributed by atoms with Crippen LogP contribution in [0.15, 0.2) is 12.2 Å². The molecule has 1 amide bonds. The monoisotopic (exact) mass is 228 g/mol. The van der Waals surface area contributed by atoms with Crippen LogP contribution in [0, 0.1) is 0 Å². The van der Waals surface area contributed by atoms with Gasteiger partial charge in [0.15, 0.2) is 0 Å². The molecular weight excluding hydrogens is 208 g/mol. The molecule has 0 saturated heterocycles. The molecule has 2 N–H and O–H groups in total. The predicted octanol–water partition coefficient (Wildman–Crippen LogP) is 0.220. The average molecular weight is 228 g/mol. The van der Waals surface area contributed by atoms with Gasteiger partial charge in [0.2, 0.25) is 5.91 Å². The lowest BCUT2D eigenvalue weighted by atomic mass is 10.3. The third-order valence-electron chi connectivity index (χ3n) is 1.83. The van der Waals surface area contributed by atoms with E-state index < -0.39 is 0 Å². The van der Waals surface area contributed by atoms with Gasteiger partial charge in [-0.2, -0.15) is 0 Å². The number of hydrogen-bond donors (Lipinski definition) is 2. The lowest BCUT2D eigenvalue weighted by Gasteiger charge is -2.11. The molecule has 5 heteroatoms. The highest BCUT2D eigenvalue weighted by molar-refractivity contribution is 5.82. The van der Waals surface area contributed by atoms with Crippen molar-refractivity contribution >= 4 is 11.9 Å². The number of rotatable bonds is 7. The Hall–Kier alpha value is -1.36. The van der Waals surface area contributed by atoms with E-state index in [1.165, 1.54) is 6.08 Å². The van der Waals surface area contributed by atoms with Crippen molar-refractivity contribution in [2.24, 2.45) is 0 Å². The van der Waals surface area contributed by atoms with Gasteiger partial charge < -0.3 is 15.4 Å². The zero-order valence-electron chi connectivity index (χ0n) is 10.1. The Morgan fingerprint density at radius 1 is 1.38 bits per heavy atom. The third kappa shape index (κ3) is 7.00. The van der Waals surface area contributed by atoms with Crippen molar-refractivity contribution in [3.05, 3.63) is 12.2 Å². The maximum Gasteiger partial charge on any atom is 0.330 e. The van der Waals surface area contributed by atoms with Gasteiger partial charge in [-0.25, -0.2) is 4.79 Å². The van der Waals surface area contributed by atoms with Crippen LogP contribution in [-0.4, -0.2) is 37.6 Å². The molecule has 0 fully saturated rings. The first-order chi connectivity index (χ1) is 7.61. The van der Waals surface area contributed by atoms with Crippen molar-refractivity contribution in [1.29, 1.82) is 0 Å². The van der Waals surface area contributed by atoms with Crippen LogP contribution < -0.4 is 10.6 Å². The first-order valence-corrected chi connectivity index (χ1v) is 5.46. The fraction of sp³-hybridized carbons (Fsp3) is 0.636. The van der Waals surface area contributed by atoms with Crippen LogP contribution in [0.1, 0.15) is 20.8 Å². The van der Waals surface area contributed by atoms with Crippen LogP contribution in [0.25, 0.3) is 0 Å². The number of ether oxygens (including phenoxy) is 1. The number of likely N-dealkylation sites (N-methyl/N-ethyl adjacent to an activating group) is 1. The van der Waals surface area contributed by atoms with E-state index in [0.29, 0.717) is 19.7 Å². The minimum absolute atomic E-state index is 0.0490. The third-order valence-corrected chi connectivity index (χ3v) is 1.83. The van der Waals surface area contributed by atoms with Gasteiger partial charge in [-0.1, -0.05) is 6.08 Å². The minimum atomic E-state index is -0.366. The van der Waals surface area contributed by atoms with Crippen molar-refractivity contribution in [1.82, 2.24) is 10.6 Å². The van der Waals surface area contributed by atoms with E-state index in [1.807, 2.05) is 6.92 Å². The fourth-order valence-corrected chi connectivity index (χ4v) is 1.01.